The molecule has 102 valence electrons. The van der Waals surface area contributed by atoms with E-state index in [9.17, 15) is 0 Å². The number of hydrogen-bond donors (Lipinski definition) is 1. The van der Waals surface area contributed by atoms with Gasteiger partial charge in [0, 0.05) is 29.5 Å². The Morgan fingerprint density at radius 2 is 2.39 bits per heavy atom. The molecule has 1 saturated heterocycles. The molecule has 3 unspecified atom stereocenters. The van der Waals surface area contributed by atoms with E-state index in [4.69, 9.17) is 0 Å². The van der Waals surface area contributed by atoms with Crippen molar-refractivity contribution in [3.8, 4) is 0 Å². The molecule has 2 rings (SSSR count). The summed E-state index contributed by atoms with van der Waals surface area (Å²) in [5, 5.41) is 5.65. The van der Waals surface area contributed by atoms with Gasteiger partial charge in [0.15, 0.2) is 0 Å². The molecule has 0 saturated carbocycles. The number of nitrogens with zero attached hydrogens (tertiary/aromatic N) is 1. The third-order valence-electron chi connectivity index (χ3n) is 4.17. The van der Waals surface area contributed by atoms with Crippen LogP contribution in [0.1, 0.15) is 50.4 Å². The molecule has 2 heterocycles. The summed E-state index contributed by atoms with van der Waals surface area (Å²) in [6.45, 7) is 5.92. The van der Waals surface area contributed by atoms with E-state index < -0.39 is 0 Å². The van der Waals surface area contributed by atoms with Crippen LogP contribution in [0.4, 0.5) is 0 Å². The highest BCUT2D eigenvalue weighted by molar-refractivity contribution is 7.10. The van der Waals surface area contributed by atoms with E-state index >= 15 is 0 Å². The number of likely N-dealkylation sites (tertiary alicyclic amines) is 1. The fraction of sp³-hybridized carbons (Fsp3) is 0.733. The Morgan fingerprint density at radius 1 is 1.56 bits per heavy atom. The minimum Gasteiger partial charge on any atom is -0.317 e. The van der Waals surface area contributed by atoms with E-state index in [0.29, 0.717) is 18.1 Å². The van der Waals surface area contributed by atoms with Gasteiger partial charge < -0.3 is 5.32 Å². The number of piperidine rings is 1. The maximum Gasteiger partial charge on any atom is 0.0444 e. The normalized spacial score (nSPS) is 27.3. The number of hydrogen-bond acceptors (Lipinski definition) is 3. The Hall–Kier alpha value is -0.380. The van der Waals surface area contributed by atoms with Crippen molar-refractivity contribution in [3.05, 3.63) is 22.4 Å². The third kappa shape index (κ3) is 3.14. The second-order valence-electron chi connectivity index (χ2n) is 5.42. The molecule has 1 aliphatic heterocycles. The van der Waals surface area contributed by atoms with Crippen LogP contribution in [-0.4, -0.2) is 30.6 Å². The maximum atomic E-state index is 3.44. The summed E-state index contributed by atoms with van der Waals surface area (Å²) >= 11 is 1.92. The van der Waals surface area contributed by atoms with Crippen LogP contribution in [0.3, 0.4) is 0 Å². The zero-order valence-corrected chi connectivity index (χ0v) is 12.7. The van der Waals surface area contributed by atoms with Crippen LogP contribution in [0.5, 0.6) is 0 Å². The highest BCUT2D eigenvalue weighted by atomic mass is 32.1. The van der Waals surface area contributed by atoms with Gasteiger partial charge in [-0.15, -0.1) is 11.3 Å². The SMILES string of the molecule is CCCC(c1cccs1)N1CCC(NC)CC1C. The fourth-order valence-corrected chi connectivity index (χ4v) is 4.02. The van der Waals surface area contributed by atoms with Gasteiger partial charge in [-0.2, -0.15) is 0 Å². The Bertz CT molecular complexity index is 336. The van der Waals surface area contributed by atoms with E-state index in [1.807, 2.05) is 11.3 Å². The summed E-state index contributed by atoms with van der Waals surface area (Å²) in [4.78, 5) is 4.27. The lowest BCUT2D eigenvalue weighted by molar-refractivity contribution is 0.0855. The van der Waals surface area contributed by atoms with E-state index in [0.717, 1.165) is 0 Å². The Labute approximate surface area is 115 Å². The second-order valence-corrected chi connectivity index (χ2v) is 6.40. The first-order valence-corrected chi connectivity index (χ1v) is 8.10. The summed E-state index contributed by atoms with van der Waals surface area (Å²) in [5.74, 6) is 0. The standard InChI is InChI=1S/C15H26N2S/c1-4-6-14(15-7-5-10-18-15)17-9-8-13(16-3)11-12(17)2/h5,7,10,12-14,16H,4,6,8-9,11H2,1-3H3. The summed E-state index contributed by atoms with van der Waals surface area (Å²) in [7, 11) is 2.09. The second kappa shape index (κ2) is 6.69. The summed E-state index contributed by atoms with van der Waals surface area (Å²) < 4.78 is 0. The van der Waals surface area contributed by atoms with Gasteiger partial charge in [-0.1, -0.05) is 19.4 Å². The summed E-state index contributed by atoms with van der Waals surface area (Å²) in [5.41, 5.74) is 0. The zero-order chi connectivity index (χ0) is 13.0. The van der Waals surface area contributed by atoms with Crippen LogP contribution >= 0.6 is 11.3 Å². The minimum atomic E-state index is 0.641. The van der Waals surface area contributed by atoms with Gasteiger partial charge in [0.25, 0.3) is 0 Å². The molecule has 18 heavy (non-hydrogen) atoms. The molecule has 1 aromatic rings. The molecule has 0 spiro atoms. The van der Waals surface area contributed by atoms with Crippen LogP contribution < -0.4 is 5.32 Å². The molecule has 1 N–H and O–H groups in total. The van der Waals surface area contributed by atoms with E-state index in [1.54, 1.807) is 4.88 Å². The quantitative estimate of drug-likeness (QED) is 0.875. The highest BCUT2D eigenvalue weighted by Gasteiger charge is 2.30. The van der Waals surface area contributed by atoms with Gasteiger partial charge in [0.1, 0.15) is 0 Å². The van der Waals surface area contributed by atoms with Gasteiger partial charge in [0.2, 0.25) is 0 Å². The van der Waals surface area contributed by atoms with Gasteiger partial charge in [0.05, 0.1) is 0 Å². The lowest BCUT2D eigenvalue weighted by atomic mass is 9.95. The predicted molar refractivity (Wildman–Crippen MR) is 80.2 cm³/mol. The lowest BCUT2D eigenvalue weighted by Gasteiger charge is -2.42. The maximum absolute atomic E-state index is 3.44. The summed E-state index contributed by atoms with van der Waals surface area (Å²) in [6.07, 6.45) is 5.12. The first-order chi connectivity index (χ1) is 8.76. The number of rotatable bonds is 5. The molecule has 0 aliphatic carbocycles. The molecule has 0 amide bonds. The molecule has 0 aromatic carbocycles. The molecule has 0 bridgehead atoms. The van der Waals surface area contributed by atoms with Crippen LogP contribution in [0.2, 0.25) is 0 Å². The Morgan fingerprint density at radius 3 is 2.94 bits per heavy atom. The average molecular weight is 266 g/mol. The molecule has 3 atom stereocenters. The number of nitrogens with one attached hydrogen (secondary N) is 1. The van der Waals surface area contributed by atoms with Crippen LogP contribution in [0, 0.1) is 0 Å². The third-order valence-corrected chi connectivity index (χ3v) is 5.14. The van der Waals surface area contributed by atoms with Crippen molar-refractivity contribution in [2.75, 3.05) is 13.6 Å². The molecular weight excluding hydrogens is 240 g/mol. The van der Waals surface area contributed by atoms with Crippen LogP contribution in [0.15, 0.2) is 17.5 Å². The lowest BCUT2D eigenvalue weighted by Crippen LogP contribution is -2.47. The molecule has 2 nitrogen and oxygen atoms in total. The van der Waals surface area contributed by atoms with Gasteiger partial charge >= 0.3 is 0 Å². The molecular formula is C15H26N2S. The van der Waals surface area contributed by atoms with Crippen molar-refractivity contribution < 1.29 is 0 Å². The molecule has 1 fully saturated rings. The first kappa shape index (κ1) is 14.0. The minimum absolute atomic E-state index is 0.641. The molecule has 1 aromatic heterocycles. The van der Waals surface area contributed by atoms with Gasteiger partial charge in [-0.3, -0.25) is 4.90 Å². The van der Waals surface area contributed by atoms with Crippen molar-refractivity contribution >= 4 is 11.3 Å². The fourth-order valence-electron chi connectivity index (χ4n) is 3.14. The highest BCUT2D eigenvalue weighted by Crippen LogP contribution is 2.34. The smallest absolute Gasteiger partial charge is 0.0444 e. The van der Waals surface area contributed by atoms with Crippen LogP contribution in [-0.2, 0) is 0 Å². The molecule has 1 aliphatic rings. The molecule has 0 radical (unpaired) electrons. The van der Waals surface area contributed by atoms with E-state index in [-0.39, 0.29) is 0 Å². The number of thiophene rings is 1. The van der Waals surface area contributed by atoms with Gasteiger partial charge in [-0.25, -0.2) is 0 Å². The average Bonchev–Trinajstić information content (AvgIpc) is 2.90. The first-order valence-electron chi connectivity index (χ1n) is 7.22. The topological polar surface area (TPSA) is 15.3 Å². The van der Waals surface area contributed by atoms with Crippen LogP contribution in [0.25, 0.3) is 0 Å². The zero-order valence-electron chi connectivity index (χ0n) is 11.9. The van der Waals surface area contributed by atoms with Crippen molar-refractivity contribution in [1.82, 2.24) is 10.2 Å². The Kier molecular flexibility index (Phi) is 5.22. The van der Waals surface area contributed by atoms with E-state index in [1.165, 1.54) is 32.2 Å². The van der Waals surface area contributed by atoms with Gasteiger partial charge in [-0.05, 0) is 44.7 Å². The monoisotopic (exact) mass is 266 g/mol. The van der Waals surface area contributed by atoms with Crippen molar-refractivity contribution in [3.63, 3.8) is 0 Å². The largest absolute Gasteiger partial charge is 0.317 e. The predicted octanol–water partition coefficient (Wildman–Crippen LogP) is 3.66. The Balaban J connectivity index is 2.07. The van der Waals surface area contributed by atoms with E-state index in [2.05, 4.69) is 48.6 Å². The van der Waals surface area contributed by atoms with Crippen molar-refractivity contribution in [1.29, 1.82) is 0 Å². The summed E-state index contributed by atoms with van der Waals surface area (Å²) in [6, 6.07) is 6.54. The van der Waals surface area contributed by atoms with Crippen molar-refractivity contribution in [2.45, 2.75) is 57.7 Å². The van der Waals surface area contributed by atoms with Crippen molar-refractivity contribution in [2.24, 2.45) is 0 Å². The molecule has 3 heteroatoms.